The molecule has 0 aromatic heterocycles. The van der Waals surface area contributed by atoms with Crippen LogP contribution in [0.4, 0.5) is 4.39 Å². The average Bonchev–Trinajstić information content (AvgIpc) is 2.03. The van der Waals surface area contributed by atoms with Gasteiger partial charge >= 0.3 is 5.97 Å². The van der Waals surface area contributed by atoms with Crippen LogP contribution in [0.3, 0.4) is 0 Å². The lowest BCUT2D eigenvalue weighted by atomic mass is 10.1. The van der Waals surface area contributed by atoms with Crippen LogP contribution in [0.2, 0.25) is 0 Å². The van der Waals surface area contributed by atoms with Crippen LogP contribution in [0.5, 0.6) is 0 Å². The Morgan fingerprint density at radius 3 is 2.67 bits per heavy atom. The predicted molar refractivity (Wildman–Crippen MR) is 41.3 cm³/mol. The van der Waals surface area contributed by atoms with Crippen molar-refractivity contribution in [2.24, 2.45) is 0 Å². The van der Waals surface area contributed by atoms with E-state index in [1.54, 1.807) is 0 Å². The van der Waals surface area contributed by atoms with Gasteiger partial charge in [0.15, 0.2) is 0 Å². The van der Waals surface area contributed by atoms with Crippen molar-refractivity contribution in [3.05, 3.63) is 35.1 Å². The SMILES string of the molecule is C#Cc1c(F)cccc1C(=O)O. The summed E-state index contributed by atoms with van der Waals surface area (Å²) < 4.78 is 12.8. The molecule has 1 aromatic carbocycles. The van der Waals surface area contributed by atoms with E-state index in [2.05, 4.69) is 0 Å². The maximum Gasteiger partial charge on any atom is 0.337 e. The van der Waals surface area contributed by atoms with Crippen LogP contribution >= 0.6 is 0 Å². The van der Waals surface area contributed by atoms with Crippen LogP contribution in [-0.2, 0) is 0 Å². The first-order chi connectivity index (χ1) is 5.66. The van der Waals surface area contributed by atoms with E-state index in [-0.39, 0.29) is 11.1 Å². The van der Waals surface area contributed by atoms with Gasteiger partial charge in [-0.05, 0) is 12.1 Å². The van der Waals surface area contributed by atoms with Crippen molar-refractivity contribution >= 4 is 5.97 Å². The van der Waals surface area contributed by atoms with Gasteiger partial charge in [0.1, 0.15) is 5.82 Å². The van der Waals surface area contributed by atoms with Gasteiger partial charge in [0.2, 0.25) is 0 Å². The number of terminal acetylenes is 1. The largest absolute Gasteiger partial charge is 0.478 e. The molecule has 2 nitrogen and oxygen atoms in total. The molecule has 0 saturated heterocycles. The zero-order valence-electron chi connectivity index (χ0n) is 6.04. The highest BCUT2D eigenvalue weighted by molar-refractivity contribution is 5.90. The molecule has 0 fully saturated rings. The summed E-state index contributed by atoms with van der Waals surface area (Å²) in [5.74, 6) is 0.0864. The van der Waals surface area contributed by atoms with Crippen LogP contribution < -0.4 is 0 Å². The number of hydrogen-bond acceptors (Lipinski definition) is 1. The lowest BCUT2D eigenvalue weighted by Gasteiger charge is -1.98. The Hall–Kier alpha value is -1.82. The van der Waals surface area contributed by atoms with Gasteiger partial charge in [-0.15, -0.1) is 6.42 Å². The molecule has 0 aliphatic rings. The first-order valence-electron chi connectivity index (χ1n) is 3.15. The minimum atomic E-state index is -1.22. The van der Waals surface area contributed by atoms with E-state index >= 15 is 0 Å². The van der Waals surface area contributed by atoms with E-state index in [1.165, 1.54) is 12.1 Å². The van der Waals surface area contributed by atoms with E-state index < -0.39 is 11.8 Å². The molecule has 0 radical (unpaired) electrons. The lowest BCUT2D eigenvalue weighted by molar-refractivity contribution is 0.0696. The fraction of sp³-hybridized carbons (Fsp3) is 0. The topological polar surface area (TPSA) is 37.3 Å². The van der Waals surface area contributed by atoms with Gasteiger partial charge in [-0.2, -0.15) is 0 Å². The molecular formula is C9H5FO2. The molecule has 0 amide bonds. The summed E-state index contributed by atoms with van der Waals surface area (Å²) in [6, 6.07) is 3.70. The summed E-state index contributed by atoms with van der Waals surface area (Å²) in [4.78, 5) is 10.5. The number of carbonyl (C=O) groups is 1. The van der Waals surface area contributed by atoms with E-state index in [1.807, 2.05) is 5.92 Å². The molecule has 0 aliphatic heterocycles. The summed E-state index contributed by atoms with van der Waals surface area (Å²) in [6.07, 6.45) is 4.94. The summed E-state index contributed by atoms with van der Waals surface area (Å²) >= 11 is 0. The normalized spacial score (nSPS) is 9.00. The molecular weight excluding hydrogens is 159 g/mol. The van der Waals surface area contributed by atoms with Crippen LogP contribution in [-0.4, -0.2) is 11.1 Å². The molecule has 0 heterocycles. The summed E-state index contributed by atoms with van der Waals surface area (Å²) in [5.41, 5.74) is -0.387. The molecule has 0 bridgehead atoms. The average molecular weight is 164 g/mol. The Bertz CT molecular complexity index is 363. The van der Waals surface area contributed by atoms with Gasteiger partial charge in [-0.25, -0.2) is 9.18 Å². The molecule has 1 N–H and O–H groups in total. The molecule has 1 rings (SSSR count). The van der Waals surface area contributed by atoms with Crippen molar-refractivity contribution in [2.75, 3.05) is 0 Å². The number of hydrogen-bond donors (Lipinski definition) is 1. The second kappa shape index (κ2) is 3.05. The van der Waals surface area contributed by atoms with Crippen LogP contribution in [0.25, 0.3) is 0 Å². The Morgan fingerprint density at radius 1 is 1.58 bits per heavy atom. The molecule has 0 spiro atoms. The summed E-state index contributed by atoms with van der Waals surface area (Å²) in [6.45, 7) is 0. The minimum absolute atomic E-state index is 0.183. The number of carboxylic acid groups (broad SMARTS) is 1. The van der Waals surface area contributed by atoms with E-state index in [4.69, 9.17) is 11.5 Å². The van der Waals surface area contributed by atoms with Crippen molar-refractivity contribution < 1.29 is 14.3 Å². The van der Waals surface area contributed by atoms with Crippen molar-refractivity contribution in [1.29, 1.82) is 0 Å². The van der Waals surface area contributed by atoms with Crippen molar-refractivity contribution in [2.45, 2.75) is 0 Å². The lowest BCUT2D eigenvalue weighted by Crippen LogP contribution is -2.01. The number of benzene rings is 1. The first-order valence-corrected chi connectivity index (χ1v) is 3.15. The maximum atomic E-state index is 12.8. The number of aromatic carboxylic acids is 1. The van der Waals surface area contributed by atoms with Crippen LogP contribution in [0.15, 0.2) is 18.2 Å². The fourth-order valence-electron chi connectivity index (χ4n) is 0.849. The summed E-state index contributed by atoms with van der Waals surface area (Å²) in [7, 11) is 0. The Balaban J connectivity index is 3.40. The van der Waals surface area contributed by atoms with Crippen molar-refractivity contribution in [3.8, 4) is 12.3 Å². The second-order valence-corrected chi connectivity index (χ2v) is 2.11. The molecule has 0 saturated carbocycles. The van der Waals surface area contributed by atoms with Gasteiger partial charge in [0.05, 0.1) is 11.1 Å². The fourth-order valence-corrected chi connectivity index (χ4v) is 0.849. The minimum Gasteiger partial charge on any atom is -0.478 e. The van der Waals surface area contributed by atoms with Crippen molar-refractivity contribution in [1.82, 2.24) is 0 Å². The van der Waals surface area contributed by atoms with Gasteiger partial charge < -0.3 is 5.11 Å². The second-order valence-electron chi connectivity index (χ2n) is 2.11. The zero-order valence-corrected chi connectivity index (χ0v) is 6.04. The number of rotatable bonds is 1. The number of carboxylic acids is 1. The standard InChI is InChI=1S/C9H5FO2/c1-2-6-7(9(11)12)4-3-5-8(6)10/h1,3-5H,(H,11,12). The first kappa shape index (κ1) is 8.28. The van der Waals surface area contributed by atoms with Crippen molar-refractivity contribution in [3.63, 3.8) is 0 Å². The van der Waals surface area contributed by atoms with Crippen LogP contribution in [0, 0.1) is 18.2 Å². The third-order valence-electron chi connectivity index (χ3n) is 1.39. The van der Waals surface area contributed by atoms with Gasteiger partial charge in [-0.1, -0.05) is 12.0 Å². The molecule has 0 aliphatic carbocycles. The maximum absolute atomic E-state index is 12.8. The number of halogens is 1. The highest BCUT2D eigenvalue weighted by Gasteiger charge is 2.11. The highest BCUT2D eigenvalue weighted by atomic mass is 19.1. The highest BCUT2D eigenvalue weighted by Crippen LogP contribution is 2.11. The van der Waals surface area contributed by atoms with E-state index in [9.17, 15) is 9.18 Å². The Kier molecular flexibility index (Phi) is 2.11. The quantitative estimate of drug-likeness (QED) is 0.638. The van der Waals surface area contributed by atoms with Crippen LogP contribution in [0.1, 0.15) is 15.9 Å². The third kappa shape index (κ3) is 1.28. The van der Waals surface area contributed by atoms with Gasteiger partial charge in [-0.3, -0.25) is 0 Å². The molecule has 60 valence electrons. The molecule has 0 atom stereocenters. The molecule has 3 heteroatoms. The Morgan fingerprint density at radius 2 is 2.25 bits per heavy atom. The monoisotopic (exact) mass is 164 g/mol. The van der Waals surface area contributed by atoms with E-state index in [0.29, 0.717) is 0 Å². The third-order valence-corrected chi connectivity index (χ3v) is 1.39. The predicted octanol–water partition coefficient (Wildman–Crippen LogP) is 1.51. The smallest absolute Gasteiger partial charge is 0.337 e. The molecule has 1 aromatic rings. The van der Waals surface area contributed by atoms with E-state index in [0.717, 1.165) is 6.07 Å². The molecule has 12 heavy (non-hydrogen) atoms. The Labute approximate surface area is 68.6 Å². The molecule has 0 unspecified atom stereocenters. The summed E-state index contributed by atoms with van der Waals surface area (Å²) in [5, 5.41) is 8.56. The zero-order chi connectivity index (χ0) is 9.14. The van der Waals surface area contributed by atoms with Gasteiger partial charge in [0.25, 0.3) is 0 Å². The van der Waals surface area contributed by atoms with Gasteiger partial charge in [0, 0.05) is 0 Å².